The van der Waals surface area contributed by atoms with E-state index >= 15 is 0 Å². The molecule has 21 heavy (non-hydrogen) atoms. The van der Waals surface area contributed by atoms with Gasteiger partial charge in [-0.25, -0.2) is 4.39 Å². The molecule has 110 valence electrons. The zero-order valence-electron chi connectivity index (χ0n) is 11.5. The number of rotatable bonds is 6. The van der Waals surface area contributed by atoms with E-state index in [4.69, 9.17) is 10.5 Å². The van der Waals surface area contributed by atoms with Crippen LogP contribution < -0.4 is 15.8 Å². The molecule has 0 aliphatic rings. The van der Waals surface area contributed by atoms with Crippen molar-refractivity contribution in [3.05, 3.63) is 54.3 Å². The lowest BCUT2D eigenvalue weighted by molar-refractivity contribution is -0.116. The highest BCUT2D eigenvalue weighted by Crippen LogP contribution is 2.17. The van der Waals surface area contributed by atoms with Gasteiger partial charge in [0.05, 0.1) is 18.0 Å². The third-order valence-electron chi connectivity index (χ3n) is 2.87. The zero-order chi connectivity index (χ0) is 15.1. The number of hydrogen-bond donors (Lipinski definition) is 2. The summed E-state index contributed by atoms with van der Waals surface area (Å²) in [5.41, 5.74) is 6.89. The van der Waals surface area contributed by atoms with Gasteiger partial charge in [-0.1, -0.05) is 12.1 Å². The highest BCUT2D eigenvalue weighted by molar-refractivity contribution is 5.93. The predicted octanol–water partition coefficient (Wildman–Crippen LogP) is 3.21. The first-order valence-corrected chi connectivity index (χ1v) is 6.68. The second kappa shape index (κ2) is 7.28. The second-order valence-corrected chi connectivity index (χ2v) is 4.54. The average Bonchev–Trinajstić information content (AvgIpc) is 2.48. The van der Waals surface area contributed by atoms with Gasteiger partial charge in [-0.3, -0.25) is 4.79 Å². The van der Waals surface area contributed by atoms with Crippen LogP contribution in [-0.4, -0.2) is 12.5 Å². The van der Waals surface area contributed by atoms with Crippen molar-refractivity contribution in [3.63, 3.8) is 0 Å². The van der Waals surface area contributed by atoms with Crippen LogP contribution in [0.4, 0.5) is 15.8 Å². The maximum Gasteiger partial charge on any atom is 0.224 e. The molecule has 2 rings (SSSR count). The molecular weight excluding hydrogens is 271 g/mol. The van der Waals surface area contributed by atoms with Crippen molar-refractivity contribution < 1.29 is 13.9 Å². The summed E-state index contributed by atoms with van der Waals surface area (Å²) in [6.07, 6.45) is 0.894. The molecule has 0 aromatic heterocycles. The van der Waals surface area contributed by atoms with Crippen LogP contribution in [0.1, 0.15) is 12.8 Å². The standard InChI is InChI=1S/C16H17FN2O2/c17-12-7-9-13(10-8-12)21-11-3-6-16(20)19-15-5-2-1-4-14(15)18/h1-2,4-5,7-10H,3,6,11,18H2,(H,19,20). The number of nitrogen functional groups attached to an aromatic ring is 1. The lowest BCUT2D eigenvalue weighted by Crippen LogP contribution is -2.13. The molecular formula is C16H17FN2O2. The maximum absolute atomic E-state index is 12.7. The number of carbonyl (C=O) groups excluding carboxylic acids is 1. The minimum Gasteiger partial charge on any atom is -0.494 e. The van der Waals surface area contributed by atoms with Gasteiger partial charge in [-0.2, -0.15) is 0 Å². The number of carbonyl (C=O) groups is 1. The fourth-order valence-electron chi connectivity index (χ4n) is 1.78. The van der Waals surface area contributed by atoms with Gasteiger partial charge >= 0.3 is 0 Å². The highest BCUT2D eigenvalue weighted by atomic mass is 19.1. The van der Waals surface area contributed by atoms with E-state index in [1.54, 1.807) is 24.3 Å². The number of ether oxygens (including phenoxy) is 1. The molecule has 5 heteroatoms. The Morgan fingerprint density at radius 2 is 1.86 bits per heavy atom. The Labute approximate surface area is 122 Å². The van der Waals surface area contributed by atoms with E-state index in [0.29, 0.717) is 36.6 Å². The molecule has 0 aliphatic carbocycles. The first-order valence-electron chi connectivity index (χ1n) is 6.68. The van der Waals surface area contributed by atoms with Crippen molar-refractivity contribution in [3.8, 4) is 5.75 Å². The summed E-state index contributed by atoms with van der Waals surface area (Å²) in [5, 5.41) is 2.75. The maximum atomic E-state index is 12.7. The van der Waals surface area contributed by atoms with Crippen LogP contribution in [0.5, 0.6) is 5.75 Å². The molecule has 0 unspecified atom stereocenters. The van der Waals surface area contributed by atoms with E-state index in [9.17, 15) is 9.18 Å². The Hall–Kier alpha value is -2.56. The number of benzene rings is 2. The monoisotopic (exact) mass is 288 g/mol. The summed E-state index contributed by atoms with van der Waals surface area (Å²) in [6.45, 7) is 0.392. The number of amides is 1. The molecule has 0 saturated carbocycles. The van der Waals surface area contributed by atoms with Crippen LogP contribution in [0, 0.1) is 5.82 Å². The number of halogens is 1. The fourth-order valence-corrected chi connectivity index (χ4v) is 1.78. The first kappa shape index (κ1) is 14.8. The third kappa shape index (κ3) is 4.80. The van der Waals surface area contributed by atoms with E-state index in [1.807, 2.05) is 12.1 Å². The Morgan fingerprint density at radius 3 is 2.57 bits per heavy atom. The zero-order valence-corrected chi connectivity index (χ0v) is 11.5. The van der Waals surface area contributed by atoms with Gasteiger partial charge in [0.25, 0.3) is 0 Å². The van der Waals surface area contributed by atoms with Crippen LogP contribution in [-0.2, 0) is 4.79 Å². The SMILES string of the molecule is Nc1ccccc1NC(=O)CCCOc1ccc(F)cc1. The van der Waals surface area contributed by atoms with Crippen molar-refractivity contribution in [2.24, 2.45) is 0 Å². The molecule has 3 N–H and O–H groups in total. The Balaban J connectivity index is 1.70. The molecule has 0 atom stereocenters. The Morgan fingerprint density at radius 1 is 1.14 bits per heavy atom. The Bertz CT molecular complexity index is 599. The first-order chi connectivity index (χ1) is 10.1. The smallest absolute Gasteiger partial charge is 0.224 e. The summed E-state index contributed by atoms with van der Waals surface area (Å²) in [5.74, 6) is 0.168. The van der Waals surface area contributed by atoms with Gasteiger partial charge in [-0.05, 0) is 42.8 Å². The van der Waals surface area contributed by atoms with Crippen LogP contribution in [0.2, 0.25) is 0 Å². The summed E-state index contributed by atoms with van der Waals surface area (Å²) < 4.78 is 18.1. The quantitative estimate of drug-likeness (QED) is 0.633. The summed E-state index contributed by atoms with van der Waals surface area (Å²) in [4.78, 5) is 11.7. The number of hydrogen-bond acceptors (Lipinski definition) is 3. The molecule has 2 aromatic rings. The van der Waals surface area contributed by atoms with E-state index < -0.39 is 0 Å². The van der Waals surface area contributed by atoms with Gasteiger partial charge in [0, 0.05) is 6.42 Å². The molecule has 1 amide bonds. The number of para-hydroxylation sites is 2. The highest BCUT2D eigenvalue weighted by Gasteiger charge is 2.04. The van der Waals surface area contributed by atoms with Crippen molar-refractivity contribution in [2.45, 2.75) is 12.8 Å². The summed E-state index contributed by atoms with van der Waals surface area (Å²) in [7, 11) is 0. The minimum atomic E-state index is -0.304. The van der Waals surface area contributed by atoms with E-state index in [2.05, 4.69) is 5.32 Å². The van der Waals surface area contributed by atoms with Gasteiger partial charge in [0.15, 0.2) is 0 Å². The van der Waals surface area contributed by atoms with Crippen molar-refractivity contribution in [2.75, 3.05) is 17.7 Å². The van der Waals surface area contributed by atoms with Crippen LogP contribution in [0.25, 0.3) is 0 Å². The van der Waals surface area contributed by atoms with E-state index in [1.165, 1.54) is 12.1 Å². The van der Waals surface area contributed by atoms with Gasteiger partial charge in [0.1, 0.15) is 11.6 Å². The number of nitrogens with one attached hydrogen (secondary N) is 1. The molecule has 0 heterocycles. The van der Waals surface area contributed by atoms with Gasteiger partial charge in [0.2, 0.25) is 5.91 Å². The van der Waals surface area contributed by atoms with Crippen molar-refractivity contribution in [1.82, 2.24) is 0 Å². The van der Waals surface area contributed by atoms with Crippen LogP contribution in [0.3, 0.4) is 0 Å². The molecule has 2 aromatic carbocycles. The predicted molar refractivity (Wildman–Crippen MR) is 80.6 cm³/mol. The lowest BCUT2D eigenvalue weighted by atomic mass is 10.2. The molecule has 0 bridgehead atoms. The molecule has 4 nitrogen and oxygen atoms in total. The number of anilines is 2. The Kier molecular flexibility index (Phi) is 5.15. The third-order valence-corrected chi connectivity index (χ3v) is 2.87. The summed E-state index contributed by atoms with van der Waals surface area (Å²) >= 11 is 0. The fraction of sp³-hybridized carbons (Fsp3) is 0.188. The molecule has 0 aliphatic heterocycles. The van der Waals surface area contributed by atoms with Gasteiger partial charge < -0.3 is 15.8 Å². The largest absolute Gasteiger partial charge is 0.494 e. The lowest BCUT2D eigenvalue weighted by Gasteiger charge is -2.08. The normalized spacial score (nSPS) is 10.1. The minimum absolute atomic E-state index is 0.115. The van der Waals surface area contributed by atoms with E-state index in [0.717, 1.165) is 0 Å². The molecule has 0 fully saturated rings. The topological polar surface area (TPSA) is 64.3 Å². The van der Waals surface area contributed by atoms with E-state index in [-0.39, 0.29) is 11.7 Å². The molecule has 0 saturated heterocycles. The van der Waals surface area contributed by atoms with Crippen LogP contribution in [0.15, 0.2) is 48.5 Å². The molecule has 0 radical (unpaired) electrons. The van der Waals surface area contributed by atoms with Gasteiger partial charge in [-0.15, -0.1) is 0 Å². The van der Waals surface area contributed by atoms with Crippen molar-refractivity contribution in [1.29, 1.82) is 0 Å². The average molecular weight is 288 g/mol. The number of nitrogens with two attached hydrogens (primary N) is 1. The van der Waals surface area contributed by atoms with Crippen LogP contribution >= 0.6 is 0 Å². The molecule has 0 spiro atoms. The van der Waals surface area contributed by atoms with Crippen molar-refractivity contribution >= 4 is 17.3 Å². The second-order valence-electron chi connectivity index (χ2n) is 4.54. The summed E-state index contributed by atoms with van der Waals surface area (Å²) in [6, 6.07) is 12.9.